The van der Waals surface area contributed by atoms with E-state index in [-0.39, 0.29) is 11.9 Å². The Morgan fingerprint density at radius 1 is 1.33 bits per heavy atom. The van der Waals surface area contributed by atoms with Crippen molar-refractivity contribution >= 4 is 11.9 Å². The molecule has 122 valence electrons. The number of amides is 1. The van der Waals surface area contributed by atoms with Crippen molar-refractivity contribution < 1.29 is 14.3 Å². The quantitative estimate of drug-likeness (QED) is 0.480. The van der Waals surface area contributed by atoms with Crippen molar-refractivity contribution in [2.45, 2.75) is 45.1 Å². The predicted octanol–water partition coefficient (Wildman–Crippen LogP) is 0.520. The Morgan fingerprint density at radius 3 is 2.86 bits per heavy atom. The fraction of sp³-hybridized carbons (Fsp3) is 0.867. The molecule has 0 spiro atoms. The summed E-state index contributed by atoms with van der Waals surface area (Å²) in [7, 11) is 1.95. The number of nitrogens with zero attached hydrogens (tertiary/aromatic N) is 1. The van der Waals surface area contributed by atoms with Crippen LogP contribution in [-0.4, -0.2) is 62.7 Å². The van der Waals surface area contributed by atoms with E-state index < -0.39 is 0 Å². The third-order valence-electron chi connectivity index (χ3n) is 3.72. The lowest BCUT2D eigenvalue weighted by Gasteiger charge is -2.35. The SMILES string of the molecule is CCOC(=O)CCCNC(=O)CN1CCCCC1CNC. The number of likely N-dealkylation sites (tertiary alicyclic amines) is 1. The van der Waals surface area contributed by atoms with Crippen LogP contribution in [0.3, 0.4) is 0 Å². The molecule has 1 aliphatic rings. The number of esters is 1. The van der Waals surface area contributed by atoms with Crippen molar-refractivity contribution in [1.82, 2.24) is 15.5 Å². The molecule has 1 fully saturated rings. The molecule has 0 aliphatic carbocycles. The summed E-state index contributed by atoms with van der Waals surface area (Å²) < 4.78 is 4.84. The van der Waals surface area contributed by atoms with Crippen LogP contribution < -0.4 is 10.6 Å². The third kappa shape index (κ3) is 7.43. The van der Waals surface area contributed by atoms with E-state index in [0.29, 0.717) is 38.6 Å². The van der Waals surface area contributed by atoms with Crippen LogP contribution >= 0.6 is 0 Å². The number of carbonyl (C=O) groups is 2. The van der Waals surface area contributed by atoms with Crippen molar-refractivity contribution in [3.63, 3.8) is 0 Å². The molecule has 1 heterocycles. The van der Waals surface area contributed by atoms with Gasteiger partial charge in [-0.1, -0.05) is 6.42 Å². The molecule has 0 radical (unpaired) electrons. The second-order valence-corrected chi connectivity index (χ2v) is 5.44. The van der Waals surface area contributed by atoms with Gasteiger partial charge in [-0.3, -0.25) is 14.5 Å². The van der Waals surface area contributed by atoms with Gasteiger partial charge < -0.3 is 15.4 Å². The number of hydrogen-bond acceptors (Lipinski definition) is 5. The number of carbonyl (C=O) groups excluding carboxylic acids is 2. The highest BCUT2D eigenvalue weighted by Gasteiger charge is 2.23. The summed E-state index contributed by atoms with van der Waals surface area (Å²) in [6.07, 6.45) is 4.54. The number of hydrogen-bond donors (Lipinski definition) is 2. The predicted molar refractivity (Wildman–Crippen MR) is 82.0 cm³/mol. The van der Waals surface area contributed by atoms with Crippen LogP contribution in [0.5, 0.6) is 0 Å². The molecule has 0 bridgehead atoms. The first kappa shape index (κ1) is 17.9. The lowest BCUT2D eigenvalue weighted by molar-refractivity contribution is -0.143. The number of piperidine rings is 1. The molecular formula is C15H29N3O3. The van der Waals surface area contributed by atoms with Crippen LogP contribution in [0.1, 0.15) is 39.0 Å². The molecule has 0 aromatic rings. The van der Waals surface area contributed by atoms with Crippen molar-refractivity contribution in [3.05, 3.63) is 0 Å². The van der Waals surface area contributed by atoms with E-state index in [1.165, 1.54) is 6.42 Å². The minimum atomic E-state index is -0.197. The fourth-order valence-corrected chi connectivity index (χ4v) is 2.67. The summed E-state index contributed by atoms with van der Waals surface area (Å²) in [6, 6.07) is 0.453. The number of nitrogens with one attached hydrogen (secondary N) is 2. The highest BCUT2D eigenvalue weighted by Crippen LogP contribution is 2.15. The maximum Gasteiger partial charge on any atom is 0.305 e. The van der Waals surface area contributed by atoms with Crippen LogP contribution in [0, 0.1) is 0 Å². The smallest absolute Gasteiger partial charge is 0.305 e. The average molecular weight is 299 g/mol. The van der Waals surface area contributed by atoms with Crippen LogP contribution in [0.2, 0.25) is 0 Å². The molecule has 2 N–H and O–H groups in total. The van der Waals surface area contributed by atoms with E-state index in [2.05, 4.69) is 15.5 Å². The standard InChI is InChI=1S/C15H29N3O3/c1-3-21-15(20)8-6-9-17-14(19)12-18-10-5-4-7-13(18)11-16-2/h13,16H,3-12H2,1-2H3,(H,17,19). The largest absolute Gasteiger partial charge is 0.466 e. The number of rotatable bonds is 9. The minimum Gasteiger partial charge on any atom is -0.466 e. The maximum absolute atomic E-state index is 11.9. The van der Waals surface area contributed by atoms with E-state index in [9.17, 15) is 9.59 Å². The third-order valence-corrected chi connectivity index (χ3v) is 3.72. The van der Waals surface area contributed by atoms with Crippen LogP contribution in [0.4, 0.5) is 0 Å². The minimum absolute atomic E-state index is 0.0434. The van der Waals surface area contributed by atoms with Crippen LogP contribution in [0.15, 0.2) is 0 Å². The highest BCUT2D eigenvalue weighted by molar-refractivity contribution is 5.78. The first-order valence-corrected chi connectivity index (χ1v) is 7.98. The summed E-state index contributed by atoms with van der Waals surface area (Å²) in [5.74, 6) is -0.154. The van der Waals surface area contributed by atoms with Gasteiger partial charge in [0.05, 0.1) is 13.2 Å². The molecule has 21 heavy (non-hydrogen) atoms. The van der Waals surface area contributed by atoms with E-state index >= 15 is 0 Å². The van der Waals surface area contributed by atoms with Gasteiger partial charge in [0.1, 0.15) is 0 Å². The maximum atomic E-state index is 11.9. The van der Waals surface area contributed by atoms with E-state index in [1.54, 1.807) is 6.92 Å². The normalized spacial score (nSPS) is 19.2. The lowest BCUT2D eigenvalue weighted by Crippen LogP contribution is -2.49. The van der Waals surface area contributed by atoms with Crippen molar-refractivity contribution in [2.75, 3.05) is 39.8 Å². The zero-order valence-electron chi connectivity index (χ0n) is 13.3. The van der Waals surface area contributed by atoms with Crippen molar-refractivity contribution in [3.8, 4) is 0 Å². The van der Waals surface area contributed by atoms with Gasteiger partial charge in [-0.25, -0.2) is 0 Å². The van der Waals surface area contributed by atoms with E-state index in [1.807, 2.05) is 7.05 Å². The van der Waals surface area contributed by atoms with Crippen molar-refractivity contribution in [2.24, 2.45) is 0 Å². The van der Waals surface area contributed by atoms with E-state index in [4.69, 9.17) is 4.74 Å². The summed E-state index contributed by atoms with van der Waals surface area (Å²) in [6.45, 7) is 5.10. The highest BCUT2D eigenvalue weighted by atomic mass is 16.5. The Bertz CT molecular complexity index is 321. The molecule has 0 aromatic heterocycles. The van der Waals surface area contributed by atoms with E-state index in [0.717, 1.165) is 25.9 Å². The fourth-order valence-electron chi connectivity index (χ4n) is 2.67. The molecule has 0 saturated carbocycles. The van der Waals surface area contributed by atoms with Gasteiger partial charge in [0.2, 0.25) is 5.91 Å². The molecular weight excluding hydrogens is 270 g/mol. The number of likely N-dealkylation sites (N-methyl/N-ethyl adjacent to an activating group) is 1. The molecule has 6 nitrogen and oxygen atoms in total. The summed E-state index contributed by atoms with van der Waals surface area (Å²) >= 11 is 0. The van der Waals surface area contributed by atoms with Gasteiger partial charge in [-0.15, -0.1) is 0 Å². The molecule has 6 heteroatoms. The Kier molecular flexibility index (Phi) is 9.01. The second kappa shape index (κ2) is 10.6. The van der Waals surface area contributed by atoms with Crippen LogP contribution in [0.25, 0.3) is 0 Å². The van der Waals surface area contributed by atoms with Gasteiger partial charge in [0.15, 0.2) is 0 Å². The van der Waals surface area contributed by atoms with Crippen LogP contribution in [-0.2, 0) is 14.3 Å². The zero-order valence-corrected chi connectivity index (χ0v) is 13.3. The molecule has 1 saturated heterocycles. The Morgan fingerprint density at radius 2 is 2.14 bits per heavy atom. The van der Waals surface area contributed by atoms with Crippen molar-refractivity contribution in [1.29, 1.82) is 0 Å². The Hall–Kier alpha value is -1.14. The molecule has 1 amide bonds. The monoisotopic (exact) mass is 299 g/mol. The Labute approximate surface area is 127 Å². The van der Waals surface area contributed by atoms with Gasteiger partial charge in [-0.2, -0.15) is 0 Å². The molecule has 1 unspecified atom stereocenters. The lowest BCUT2D eigenvalue weighted by atomic mass is 10.0. The summed E-state index contributed by atoms with van der Waals surface area (Å²) in [5, 5.41) is 6.07. The summed E-state index contributed by atoms with van der Waals surface area (Å²) in [4.78, 5) is 25.4. The first-order chi connectivity index (χ1) is 10.2. The molecule has 1 atom stereocenters. The molecule has 1 rings (SSSR count). The number of ether oxygens (including phenoxy) is 1. The van der Waals surface area contributed by atoms with Gasteiger partial charge in [-0.05, 0) is 39.8 Å². The first-order valence-electron chi connectivity index (χ1n) is 7.98. The zero-order chi connectivity index (χ0) is 15.5. The van der Waals surface area contributed by atoms with Gasteiger partial charge in [0, 0.05) is 25.6 Å². The van der Waals surface area contributed by atoms with Gasteiger partial charge in [0.25, 0.3) is 0 Å². The van der Waals surface area contributed by atoms with Gasteiger partial charge >= 0.3 is 5.97 Å². The summed E-state index contributed by atoms with van der Waals surface area (Å²) in [5.41, 5.74) is 0. The molecule has 0 aromatic carbocycles. The topological polar surface area (TPSA) is 70.7 Å². The second-order valence-electron chi connectivity index (χ2n) is 5.44. The average Bonchev–Trinajstić information content (AvgIpc) is 2.46. The molecule has 1 aliphatic heterocycles. The Balaban J connectivity index is 2.18.